The first-order valence-electron chi connectivity index (χ1n) is 5.28. The summed E-state index contributed by atoms with van der Waals surface area (Å²) in [7, 11) is 0. The number of amides is 1. The molecule has 0 bridgehead atoms. The largest absolute Gasteiger partial charge is 0.368 e. The third-order valence-electron chi connectivity index (χ3n) is 2.16. The molecule has 0 saturated carbocycles. The number of thioether (sulfide) groups is 1. The first-order valence-corrected chi connectivity index (χ1v) is 7.15. The number of rotatable bonds is 5. The quantitative estimate of drug-likeness (QED) is 0.721. The Morgan fingerprint density at radius 1 is 1.72 bits per heavy atom. The summed E-state index contributed by atoms with van der Waals surface area (Å²) >= 11 is 2.87. The standard InChI is InChI=1S/C10H13N5OS2/c1-6(7-3-2-4-17-7)12-8(16)5-18-10-13-9(11)14-15-10/h2-4,6H,5H2,1H3,(H,12,16)(H3,11,13,14,15). The maximum atomic E-state index is 11.7. The number of nitrogens with zero attached hydrogens (tertiary/aromatic N) is 2. The highest BCUT2D eigenvalue weighted by Gasteiger charge is 2.11. The number of nitrogens with one attached hydrogen (secondary N) is 2. The molecule has 2 aromatic heterocycles. The van der Waals surface area contributed by atoms with Crippen molar-refractivity contribution in [2.45, 2.75) is 18.1 Å². The molecule has 0 aliphatic rings. The average molecular weight is 283 g/mol. The number of hydrogen-bond donors (Lipinski definition) is 3. The smallest absolute Gasteiger partial charge is 0.230 e. The van der Waals surface area contributed by atoms with E-state index in [9.17, 15) is 4.79 Å². The Labute approximate surface area is 112 Å². The number of carbonyl (C=O) groups excluding carboxylic acids is 1. The molecule has 1 unspecified atom stereocenters. The van der Waals surface area contributed by atoms with Crippen molar-refractivity contribution in [1.82, 2.24) is 20.5 Å². The molecule has 0 saturated heterocycles. The second-order valence-electron chi connectivity index (χ2n) is 3.60. The fourth-order valence-corrected chi connectivity index (χ4v) is 2.70. The molecule has 0 aliphatic carbocycles. The third kappa shape index (κ3) is 3.47. The predicted molar refractivity (Wildman–Crippen MR) is 72.4 cm³/mol. The molecule has 0 fully saturated rings. The topological polar surface area (TPSA) is 96.7 Å². The van der Waals surface area contributed by atoms with Crippen molar-refractivity contribution in [3.8, 4) is 0 Å². The highest BCUT2D eigenvalue weighted by atomic mass is 32.2. The number of anilines is 1. The normalized spacial score (nSPS) is 12.3. The summed E-state index contributed by atoms with van der Waals surface area (Å²) < 4.78 is 0. The summed E-state index contributed by atoms with van der Waals surface area (Å²) in [5.41, 5.74) is 5.39. The van der Waals surface area contributed by atoms with Crippen LogP contribution in [0.25, 0.3) is 0 Å². The van der Waals surface area contributed by atoms with E-state index in [2.05, 4.69) is 20.5 Å². The van der Waals surface area contributed by atoms with Crippen molar-refractivity contribution in [3.63, 3.8) is 0 Å². The molecule has 6 nitrogen and oxygen atoms in total. The molecule has 0 spiro atoms. The van der Waals surface area contributed by atoms with E-state index in [-0.39, 0.29) is 23.7 Å². The van der Waals surface area contributed by atoms with E-state index in [0.717, 1.165) is 4.88 Å². The summed E-state index contributed by atoms with van der Waals surface area (Å²) in [6, 6.07) is 3.99. The molecular weight excluding hydrogens is 270 g/mol. The zero-order chi connectivity index (χ0) is 13.0. The van der Waals surface area contributed by atoms with Crippen molar-refractivity contribution in [2.24, 2.45) is 0 Å². The Morgan fingerprint density at radius 3 is 3.17 bits per heavy atom. The van der Waals surface area contributed by atoms with Crippen LogP contribution >= 0.6 is 23.1 Å². The molecule has 2 heterocycles. The van der Waals surface area contributed by atoms with Gasteiger partial charge in [0, 0.05) is 4.88 Å². The Kier molecular flexibility index (Phi) is 4.21. The SMILES string of the molecule is CC(NC(=O)CSc1n[nH]c(N)n1)c1cccs1. The fourth-order valence-electron chi connectivity index (χ4n) is 1.34. The number of thiophene rings is 1. The van der Waals surface area contributed by atoms with Crippen LogP contribution in [0.15, 0.2) is 22.7 Å². The minimum Gasteiger partial charge on any atom is -0.368 e. The number of nitrogens with two attached hydrogens (primary N) is 1. The summed E-state index contributed by atoms with van der Waals surface area (Å²) in [5, 5.41) is 11.7. The summed E-state index contributed by atoms with van der Waals surface area (Å²) in [6.07, 6.45) is 0. The van der Waals surface area contributed by atoms with E-state index < -0.39 is 0 Å². The summed E-state index contributed by atoms with van der Waals surface area (Å²) in [5.74, 6) is 0.474. The van der Waals surface area contributed by atoms with E-state index in [1.54, 1.807) is 11.3 Å². The van der Waals surface area contributed by atoms with Gasteiger partial charge >= 0.3 is 0 Å². The molecule has 1 atom stereocenters. The van der Waals surface area contributed by atoms with Gasteiger partial charge in [0.1, 0.15) is 0 Å². The van der Waals surface area contributed by atoms with Crippen LogP contribution in [0.1, 0.15) is 17.8 Å². The first-order chi connectivity index (χ1) is 8.65. The number of aromatic nitrogens is 3. The number of hydrogen-bond acceptors (Lipinski definition) is 6. The molecule has 8 heteroatoms. The van der Waals surface area contributed by atoms with Crippen LogP contribution in [0.3, 0.4) is 0 Å². The van der Waals surface area contributed by atoms with Crippen molar-refractivity contribution in [1.29, 1.82) is 0 Å². The maximum Gasteiger partial charge on any atom is 0.230 e. The monoisotopic (exact) mass is 283 g/mol. The minimum absolute atomic E-state index is 0.0234. The van der Waals surface area contributed by atoms with Crippen LogP contribution in [0, 0.1) is 0 Å². The van der Waals surface area contributed by atoms with E-state index in [1.165, 1.54) is 11.8 Å². The van der Waals surface area contributed by atoms with Crippen molar-refractivity contribution < 1.29 is 4.79 Å². The molecular formula is C10H13N5OS2. The van der Waals surface area contributed by atoms with E-state index in [0.29, 0.717) is 5.16 Å². The van der Waals surface area contributed by atoms with Crippen molar-refractivity contribution in [3.05, 3.63) is 22.4 Å². The van der Waals surface area contributed by atoms with E-state index in [1.807, 2.05) is 24.4 Å². The molecule has 96 valence electrons. The van der Waals surface area contributed by atoms with Gasteiger partial charge in [-0.15, -0.1) is 16.4 Å². The zero-order valence-electron chi connectivity index (χ0n) is 9.71. The van der Waals surface area contributed by atoms with Gasteiger partial charge in [-0.05, 0) is 18.4 Å². The lowest BCUT2D eigenvalue weighted by atomic mass is 10.3. The lowest BCUT2D eigenvalue weighted by Crippen LogP contribution is -2.27. The Balaban J connectivity index is 1.78. The second kappa shape index (κ2) is 5.87. The van der Waals surface area contributed by atoms with E-state index in [4.69, 9.17) is 5.73 Å². The van der Waals surface area contributed by atoms with Gasteiger partial charge in [-0.3, -0.25) is 4.79 Å². The molecule has 1 amide bonds. The van der Waals surface area contributed by atoms with E-state index >= 15 is 0 Å². The van der Waals surface area contributed by atoms with Crippen LogP contribution in [0.4, 0.5) is 5.95 Å². The fraction of sp³-hybridized carbons (Fsp3) is 0.300. The first kappa shape index (κ1) is 12.9. The molecule has 2 rings (SSSR count). The number of nitrogen functional groups attached to an aromatic ring is 1. The van der Waals surface area contributed by atoms with Crippen LogP contribution in [-0.4, -0.2) is 26.8 Å². The maximum absolute atomic E-state index is 11.7. The Bertz CT molecular complexity index is 510. The zero-order valence-corrected chi connectivity index (χ0v) is 11.3. The molecule has 0 aliphatic heterocycles. The predicted octanol–water partition coefficient (Wildman–Crippen LogP) is 1.42. The molecule has 18 heavy (non-hydrogen) atoms. The van der Waals surface area contributed by atoms with Gasteiger partial charge < -0.3 is 11.1 Å². The van der Waals surface area contributed by atoms with Gasteiger partial charge in [0.2, 0.25) is 17.0 Å². The van der Waals surface area contributed by atoms with Crippen LogP contribution in [-0.2, 0) is 4.79 Å². The lowest BCUT2D eigenvalue weighted by Gasteiger charge is -2.11. The van der Waals surface area contributed by atoms with Gasteiger partial charge in [-0.2, -0.15) is 4.98 Å². The summed E-state index contributed by atoms with van der Waals surface area (Å²) in [4.78, 5) is 16.7. The Hall–Kier alpha value is -1.54. The van der Waals surface area contributed by atoms with Crippen LogP contribution < -0.4 is 11.1 Å². The summed E-state index contributed by atoms with van der Waals surface area (Å²) in [6.45, 7) is 1.96. The highest BCUT2D eigenvalue weighted by molar-refractivity contribution is 7.99. The molecule has 4 N–H and O–H groups in total. The molecule has 2 aromatic rings. The molecule has 0 radical (unpaired) electrons. The van der Waals surface area contributed by atoms with Gasteiger partial charge in [0.25, 0.3) is 0 Å². The third-order valence-corrected chi connectivity index (χ3v) is 4.06. The average Bonchev–Trinajstić information content (AvgIpc) is 2.97. The number of H-pyrrole nitrogens is 1. The molecule has 0 aromatic carbocycles. The minimum atomic E-state index is -0.0516. The van der Waals surface area contributed by atoms with Gasteiger partial charge in [-0.25, -0.2) is 5.10 Å². The van der Waals surface area contributed by atoms with Crippen molar-refractivity contribution >= 4 is 35.0 Å². The highest BCUT2D eigenvalue weighted by Crippen LogP contribution is 2.18. The Morgan fingerprint density at radius 2 is 2.56 bits per heavy atom. The second-order valence-corrected chi connectivity index (χ2v) is 5.52. The number of carbonyl (C=O) groups is 1. The van der Waals surface area contributed by atoms with Crippen LogP contribution in [0.5, 0.6) is 0 Å². The van der Waals surface area contributed by atoms with Gasteiger partial charge in [0.05, 0.1) is 11.8 Å². The van der Waals surface area contributed by atoms with Crippen molar-refractivity contribution in [2.75, 3.05) is 11.5 Å². The van der Waals surface area contributed by atoms with Gasteiger partial charge in [0.15, 0.2) is 0 Å². The number of aromatic amines is 1. The van der Waals surface area contributed by atoms with Crippen LogP contribution in [0.2, 0.25) is 0 Å². The van der Waals surface area contributed by atoms with Gasteiger partial charge in [-0.1, -0.05) is 17.8 Å². The lowest BCUT2D eigenvalue weighted by molar-refractivity contribution is -0.119.